The molecule has 140 valence electrons. The number of carbonyl (C=O) groups excluding carboxylic acids is 1. The molecule has 4 rings (SSSR count). The van der Waals surface area contributed by atoms with Gasteiger partial charge in [-0.15, -0.1) is 0 Å². The Balaban J connectivity index is 1.86. The van der Waals surface area contributed by atoms with E-state index in [0.717, 1.165) is 16.5 Å². The Bertz CT molecular complexity index is 1180. The molecule has 6 nitrogen and oxygen atoms in total. The summed E-state index contributed by atoms with van der Waals surface area (Å²) in [4.78, 5) is 16.1. The number of fused-ring (bicyclic) bond motifs is 1. The average Bonchev–Trinajstić information content (AvgIpc) is 2.99. The lowest BCUT2D eigenvalue weighted by atomic mass is 9.98. The standard InChI is InChI=1S/C21H16FN3O3/c22-14-4-2-13(3-5-14)16-10-18(21(23)28)24-17-9-12(1-6-15(16)17)11-25-19(26)7-8-20(25)27/h1-10,26-27H,11H2,(H2,23,28). The van der Waals surface area contributed by atoms with Crippen molar-refractivity contribution in [2.45, 2.75) is 6.54 Å². The molecule has 0 saturated heterocycles. The van der Waals surface area contributed by atoms with Crippen LogP contribution in [0, 0.1) is 5.82 Å². The van der Waals surface area contributed by atoms with Crippen molar-refractivity contribution in [3.8, 4) is 22.9 Å². The van der Waals surface area contributed by atoms with Gasteiger partial charge in [0.25, 0.3) is 5.91 Å². The second-order valence-electron chi connectivity index (χ2n) is 6.41. The molecule has 0 bridgehead atoms. The van der Waals surface area contributed by atoms with E-state index in [4.69, 9.17) is 5.73 Å². The van der Waals surface area contributed by atoms with E-state index < -0.39 is 5.91 Å². The van der Waals surface area contributed by atoms with Crippen LogP contribution in [0.3, 0.4) is 0 Å². The number of hydrogen-bond donors (Lipinski definition) is 3. The van der Waals surface area contributed by atoms with E-state index in [-0.39, 0.29) is 29.8 Å². The molecule has 2 aromatic carbocycles. The largest absolute Gasteiger partial charge is 0.494 e. The molecule has 2 aromatic heterocycles. The first-order valence-corrected chi connectivity index (χ1v) is 8.49. The topological polar surface area (TPSA) is 101 Å². The first kappa shape index (κ1) is 17.5. The molecule has 0 spiro atoms. The monoisotopic (exact) mass is 377 g/mol. The van der Waals surface area contributed by atoms with Gasteiger partial charge in [0.05, 0.1) is 12.1 Å². The second kappa shape index (κ2) is 6.70. The normalized spacial score (nSPS) is 11.0. The van der Waals surface area contributed by atoms with Gasteiger partial charge in [-0.1, -0.05) is 24.3 Å². The van der Waals surface area contributed by atoms with Gasteiger partial charge >= 0.3 is 0 Å². The fraction of sp³-hybridized carbons (Fsp3) is 0.0476. The van der Waals surface area contributed by atoms with Crippen LogP contribution in [0.5, 0.6) is 11.8 Å². The zero-order valence-electron chi connectivity index (χ0n) is 14.6. The Morgan fingerprint density at radius 1 is 1.00 bits per heavy atom. The van der Waals surface area contributed by atoms with Crippen molar-refractivity contribution in [2.75, 3.05) is 0 Å². The van der Waals surface area contributed by atoms with Crippen molar-refractivity contribution < 1.29 is 19.4 Å². The maximum atomic E-state index is 13.3. The van der Waals surface area contributed by atoms with Gasteiger partial charge in [0.1, 0.15) is 11.5 Å². The molecule has 4 N–H and O–H groups in total. The van der Waals surface area contributed by atoms with Gasteiger partial charge in [0.15, 0.2) is 11.8 Å². The third kappa shape index (κ3) is 3.14. The van der Waals surface area contributed by atoms with Gasteiger partial charge in [-0.05, 0) is 41.0 Å². The first-order chi connectivity index (χ1) is 13.4. The summed E-state index contributed by atoms with van der Waals surface area (Å²) in [6.07, 6.45) is 0. The Morgan fingerprint density at radius 2 is 1.68 bits per heavy atom. The van der Waals surface area contributed by atoms with Crippen LogP contribution in [0.2, 0.25) is 0 Å². The number of nitrogens with zero attached hydrogens (tertiary/aromatic N) is 2. The Hall–Kier alpha value is -3.87. The molecule has 0 aliphatic rings. The third-order valence-corrected chi connectivity index (χ3v) is 4.56. The number of amides is 1. The zero-order chi connectivity index (χ0) is 19.8. The number of nitrogens with two attached hydrogens (primary N) is 1. The molecule has 0 fully saturated rings. The fourth-order valence-electron chi connectivity index (χ4n) is 3.16. The van der Waals surface area contributed by atoms with Gasteiger partial charge < -0.3 is 15.9 Å². The predicted octanol–water partition coefficient (Wildman–Crippen LogP) is 3.40. The molecular weight excluding hydrogens is 361 g/mol. The second-order valence-corrected chi connectivity index (χ2v) is 6.41. The lowest BCUT2D eigenvalue weighted by Gasteiger charge is -2.12. The molecule has 0 saturated carbocycles. The van der Waals surface area contributed by atoms with Gasteiger partial charge in [0.2, 0.25) is 0 Å². The highest BCUT2D eigenvalue weighted by atomic mass is 19.1. The van der Waals surface area contributed by atoms with Crippen LogP contribution in [0.1, 0.15) is 16.1 Å². The number of benzene rings is 2. The Kier molecular flexibility index (Phi) is 4.19. The summed E-state index contributed by atoms with van der Waals surface area (Å²) in [6.45, 7) is 0.217. The van der Waals surface area contributed by atoms with E-state index in [1.54, 1.807) is 24.3 Å². The number of halogens is 1. The van der Waals surface area contributed by atoms with Gasteiger partial charge in [-0.3, -0.25) is 9.36 Å². The number of carbonyl (C=O) groups is 1. The minimum Gasteiger partial charge on any atom is -0.494 e. The van der Waals surface area contributed by atoms with Crippen molar-refractivity contribution in [3.63, 3.8) is 0 Å². The van der Waals surface area contributed by atoms with E-state index >= 15 is 0 Å². The van der Waals surface area contributed by atoms with Crippen LogP contribution in [0.4, 0.5) is 4.39 Å². The molecule has 1 amide bonds. The number of primary amides is 1. The predicted molar refractivity (Wildman–Crippen MR) is 103 cm³/mol. The van der Waals surface area contributed by atoms with Crippen molar-refractivity contribution in [1.29, 1.82) is 0 Å². The summed E-state index contributed by atoms with van der Waals surface area (Å²) >= 11 is 0. The highest BCUT2D eigenvalue weighted by Crippen LogP contribution is 2.30. The Morgan fingerprint density at radius 3 is 2.32 bits per heavy atom. The smallest absolute Gasteiger partial charge is 0.267 e. The van der Waals surface area contributed by atoms with E-state index in [1.807, 2.05) is 12.1 Å². The molecule has 0 aliphatic carbocycles. The quantitative estimate of drug-likeness (QED) is 0.507. The number of aromatic nitrogens is 2. The van der Waals surface area contributed by atoms with Gasteiger partial charge in [-0.25, -0.2) is 9.37 Å². The summed E-state index contributed by atoms with van der Waals surface area (Å²) < 4.78 is 14.6. The summed E-state index contributed by atoms with van der Waals surface area (Å²) in [7, 11) is 0. The van der Waals surface area contributed by atoms with E-state index in [0.29, 0.717) is 11.1 Å². The first-order valence-electron chi connectivity index (χ1n) is 8.49. The molecule has 2 heterocycles. The molecule has 0 unspecified atom stereocenters. The maximum Gasteiger partial charge on any atom is 0.267 e. The van der Waals surface area contributed by atoms with E-state index in [2.05, 4.69) is 4.98 Å². The molecule has 0 atom stereocenters. The fourth-order valence-corrected chi connectivity index (χ4v) is 3.16. The van der Waals surface area contributed by atoms with Gasteiger partial charge in [-0.2, -0.15) is 0 Å². The van der Waals surface area contributed by atoms with Crippen molar-refractivity contribution in [1.82, 2.24) is 9.55 Å². The van der Waals surface area contributed by atoms with E-state index in [9.17, 15) is 19.4 Å². The maximum absolute atomic E-state index is 13.3. The van der Waals surface area contributed by atoms with Gasteiger partial charge in [0, 0.05) is 17.5 Å². The van der Waals surface area contributed by atoms with Crippen LogP contribution in [-0.4, -0.2) is 25.7 Å². The van der Waals surface area contributed by atoms with Crippen LogP contribution in [-0.2, 0) is 6.54 Å². The number of aromatic hydroxyl groups is 2. The van der Waals surface area contributed by atoms with Crippen LogP contribution in [0.15, 0.2) is 60.7 Å². The summed E-state index contributed by atoms with van der Waals surface area (Å²) in [5, 5.41) is 20.4. The van der Waals surface area contributed by atoms with Crippen LogP contribution < -0.4 is 5.73 Å². The molecule has 28 heavy (non-hydrogen) atoms. The Labute approximate surface area is 159 Å². The highest BCUT2D eigenvalue weighted by molar-refractivity contribution is 6.00. The number of pyridine rings is 1. The van der Waals surface area contributed by atoms with Crippen molar-refractivity contribution in [3.05, 3.63) is 77.7 Å². The molecule has 0 radical (unpaired) electrons. The molecule has 7 heteroatoms. The minimum absolute atomic E-state index is 0.0663. The van der Waals surface area contributed by atoms with E-state index in [1.165, 1.54) is 28.8 Å². The van der Waals surface area contributed by atoms with Crippen LogP contribution >= 0.6 is 0 Å². The summed E-state index contributed by atoms with van der Waals surface area (Å²) in [5.41, 5.74) is 8.24. The molecular formula is C21H16FN3O3. The minimum atomic E-state index is -0.670. The summed E-state index contributed by atoms with van der Waals surface area (Å²) in [6, 6.07) is 15.7. The molecule has 0 aliphatic heterocycles. The lowest BCUT2D eigenvalue weighted by Crippen LogP contribution is -2.13. The number of rotatable bonds is 4. The third-order valence-electron chi connectivity index (χ3n) is 4.56. The summed E-state index contributed by atoms with van der Waals surface area (Å²) in [5.74, 6) is -1.16. The average molecular weight is 377 g/mol. The highest BCUT2D eigenvalue weighted by Gasteiger charge is 2.13. The van der Waals surface area contributed by atoms with Crippen molar-refractivity contribution in [2.24, 2.45) is 5.73 Å². The van der Waals surface area contributed by atoms with Crippen molar-refractivity contribution >= 4 is 16.8 Å². The van der Waals surface area contributed by atoms with Crippen LogP contribution in [0.25, 0.3) is 22.0 Å². The lowest BCUT2D eigenvalue weighted by molar-refractivity contribution is 0.0996. The molecule has 4 aromatic rings. The zero-order valence-corrected chi connectivity index (χ0v) is 14.6. The SMILES string of the molecule is NC(=O)c1cc(-c2ccc(F)cc2)c2ccc(Cn3c(O)ccc3O)cc2n1. The number of hydrogen-bond acceptors (Lipinski definition) is 4.